The van der Waals surface area contributed by atoms with Crippen molar-refractivity contribution in [2.24, 2.45) is 0 Å². The number of benzene rings is 2. The van der Waals surface area contributed by atoms with Gasteiger partial charge in [0.15, 0.2) is 0 Å². The first-order valence-corrected chi connectivity index (χ1v) is 10.2. The lowest BCUT2D eigenvalue weighted by Gasteiger charge is -2.15. The predicted molar refractivity (Wildman–Crippen MR) is 122 cm³/mol. The highest BCUT2D eigenvalue weighted by Crippen LogP contribution is 2.19. The van der Waals surface area contributed by atoms with Crippen molar-refractivity contribution in [1.29, 1.82) is 0 Å². The number of hydrogen-bond donors (Lipinski definition) is 0. The van der Waals surface area contributed by atoms with Gasteiger partial charge >= 0.3 is 0 Å². The summed E-state index contributed by atoms with van der Waals surface area (Å²) in [5.74, 6) is -0.0706. The van der Waals surface area contributed by atoms with Crippen LogP contribution in [-0.2, 0) is 11.3 Å². The molecule has 156 valence electrons. The van der Waals surface area contributed by atoms with Crippen LogP contribution in [0.15, 0.2) is 79.1 Å². The fourth-order valence-corrected chi connectivity index (χ4v) is 3.48. The van der Waals surface area contributed by atoms with E-state index in [2.05, 4.69) is 10.2 Å². The summed E-state index contributed by atoms with van der Waals surface area (Å²) in [7, 11) is 1.80. The van der Waals surface area contributed by atoms with E-state index in [-0.39, 0.29) is 5.91 Å². The highest BCUT2D eigenvalue weighted by molar-refractivity contribution is 5.91. The summed E-state index contributed by atoms with van der Waals surface area (Å²) in [5.41, 5.74) is 5.89. The van der Waals surface area contributed by atoms with Crippen LogP contribution in [0.1, 0.15) is 22.5 Å². The van der Waals surface area contributed by atoms with Gasteiger partial charge in [0.05, 0.1) is 23.3 Å². The molecule has 0 N–H and O–H groups in total. The summed E-state index contributed by atoms with van der Waals surface area (Å²) in [4.78, 5) is 14.4. The van der Waals surface area contributed by atoms with Crippen molar-refractivity contribution < 1.29 is 4.79 Å². The van der Waals surface area contributed by atoms with Crippen molar-refractivity contribution in [1.82, 2.24) is 24.5 Å². The zero-order valence-corrected chi connectivity index (χ0v) is 17.9. The third-order valence-electron chi connectivity index (χ3n) is 5.26. The maximum atomic E-state index is 12.7. The van der Waals surface area contributed by atoms with Crippen molar-refractivity contribution in [2.75, 3.05) is 7.05 Å². The molecule has 4 rings (SSSR count). The molecule has 31 heavy (non-hydrogen) atoms. The Morgan fingerprint density at radius 3 is 2.32 bits per heavy atom. The van der Waals surface area contributed by atoms with Crippen molar-refractivity contribution in [3.05, 3.63) is 102 Å². The summed E-state index contributed by atoms with van der Waals surface area (Å²) >= 11 is 0. The number of aryl methyl sites for hydroxylation is 1. The molecule has 0 aliphatic carbocycles. The van der Waals surface area contributed by atoms with Crippen LogP contribution in [0, 0.1) is 13.8 Å². The van der Waals surface area contributed by atoms with E-state index in [0.29, 0.717) is 6.54 Å². The molecule has 2 aromatic carbocycles. The maximum Gasteiger partial charge on any atom is 0.246 e. The molecule has 0 spiro atoms. The van der Waals surface area contributed by atoms with E-state index < -0.39 is 0 Å². The molecule has 1 amide bonds. The Morgan fingerprint density at radius 1 is 1.00 bits per heavy atom. The lowest BCUT2D eigenvalue weighted by Crippen LogP contribution is -2.24. The lowest BCUT2D eigenvalue weighted by molar-refractivity contribution is -0.125. The van der Waals surface area contributed by atoms with Gasteiger partial charge in [0.25, 0.3) is 0 Å². The molecule has 4 aromatic rings. The van der Waals surface area contributed by atoms with Crippen molar-refractivity contribution >= 4 is 12.0 Å². The van der Waals surface area contributed by atoms with E-state index in [1.165, 1.54) is 0 Å². The second-order valence-electron chi connectivity index (χ2n) is 7.48. The van der Waals surface area contributed by atoms with Crippen LogP contribution in [0.2, 0.25) is 0 Å². The van der Waals surface area contributed by atoms with Crippen LogP contribution >= 0.6 is 0 Å². The summed E-state index contributed by atoms with van der Waals surface area (Å²) < 4.78 is 3.72. The lowest BCUT2D eigenvalue weighted by atomic mass is 10.2. The number of amides is 1. The molecule has 0 aliphatic heterocycles. The van der Waals surface area contributed by atoms with Gasteiger partial charge in [-0.05, 0) is 44.2 Å². The molecule has 0 unspecified atom stereocenters. The zero-order valence-electron chi connectivity index (χ0n) is 17.9. The molecule has 0 saturated heterocycles. The SMILES string of the molecule is Cc1nn(-c2ccccc2)c(C)c1CN(C)C(=O)/C=C/c1cnn(-c2ccccc2)c1. The largest absolute Gasteiger partial charge is 0.338 e. The Bertz CT molecular complexity index is 1210. The summed E-state index contributed by atoms with van der Waals surface area (Å²) in [6, 6.07) is 19.9. The van der Waals surface area contributed by atoms with Crippen LogP contribution in [0.4, 0.5) is 0 Å². The Labute approximate surface area is 182 Å². The smallest absolute Gasteiger partial charge is 0.246 e. The molecule has 6 nitrogen and oxygen atoms in total. The van der Waals surface area contributed by atoms with Crippen LogP contribution in [-0.4, -0.2) is 37.4 Å². The van der Waals surface area contributed by atoms with E-state index in [9.17, 15) is 4.79 Å². The van der Waals surface area contributed by atoms with Gasteiger partial charge in [-0.15, -0.1) is 0 Å². The minimum absolute atomic E-state index is 0.0706. The monoisotopic (exact) mass is 411 g/mol. The Morgan fingerprint density at radius 2 is 1.65 bits per heavy atom. The van der Waals surface area contributed by atoms with E-state index >= 15 is 0 Å². The molecule has 6 heteroatoms. The van der Waals surface area contributed by atoms with E-state index in [1.807, 2.05) is 85.4 Å². The Balaban J connectivity index is 1.45. The molecule has 0 atom stereocenters. The first kappa shape index (κ1) is 20.3. The number of aromatic nitrogens is 4. The van der Waals surface area contributed by atoms with E-state index in [0.717, 1.165) is 33.9 Å². The molecule has 0 fully saturated rings. The average molecular weight is 412 g/mol. The van der Waals surface area contributed by atoms with Crippen molar-refractivity contribution in [3.63, 3.8) is 0 Å². The highest BCUT2D eigenvalue weighted by atomic mass is 16.2. The van der Waals surface area contributed by atoms with E-state index in [1.54, 1.807) is 35.0 Å². The molecular weight excluding hydrogens is 386 g/mol. The molecule has 0 radical (unpaired) electrons. The molecule has 0 bridgehead atoms. The molecule has 0 saturated carbocycles. The Kier molecular flexibility index (Phi) is 5.80. The van der Waals surface area contributed by atoms with Gasteiger partial charge in [-0.1, -0.05) is 36.4 Å². The minimum atomic E-state index is -0.0706. The zero-order chi connectivity index (χ0) is 21.8. The number of rotatable bonds is 6. The number of carbonyl (C=O) groups excluding carboxylic acids is 1. The fourth-order valence-electron chi connectivity index (χ4n) is 3.48. The molecule has 2 aromatic heterocycles. The third-order valence-corrected chi connectivity index (χ3v) is 5.26. The molecule has 2 heterocycles. The van der Waals surface area contributed by atoms with Crippen molar-refractivity contribution in [3.8, 4) is 11.4 Å². The molecular formula is C25H25N5O. The van der Waals surface area contributed by atoms with Crippen LogP contribution in [0.25, 0.3) is 17.5 Å². The first-order valence-electron chi connectivity index (χ1n) is 10.2. The van der Waals surface area contributed by atoms with Gasteiger partial charge in [0, 0.05) is 42.7 Å². The van der Waals surface area contributed by atoms with Gasteiger partial charge in [-0.3, -0.25) is 4.79 Å². The van der Waals surface area contributed by atoms with Crippen LogP contribution < -0.4 is 0 Å². The van der Waals surface area contributed by atoms with Gasteiger partial charge in [0.2, 0.25) is 5.91 Å². The standard InChI is InChI=1S/C25H25N5O/c1-19-24(20(2)30(27-19)23-12-8-5-9-13-23)18-28(3)25(31)15-14-21-16-26-29(17-21)22-10-6-4-7-11-22/h4-17H,18H2,1-3H3/b15-14+. The first-order chi connectivity index (χ1) is 15.0. The highest BCUT2D eigenvalue weighted by Gasteiger charge is 2.16. The van der Waals surface area contributed by atoms with E-state index in [4.69, 9.17) is 0 Å². The number of carbonyl (C=O) groups is 1. The number of para-hydroxylation sites is 2. The number of nitrogens with zero attached hydrogens (tertiary/aromatic N) is 5. The predicted octanol–water partition coefficient (Wildman–Crippen LogP) is 4.35. The summed E-state index contributed by atoms with van der Waals surface area (Å²) in [6.45, 7) is 4.51. The van der Waals surface area contributed by atoms with Crippen LogP contribution in [0.3, 0.4) is 0 Å². The number of hydrogen-bond acceptors (Lipinski definition) is 3. The fraction of sp³-hybridized carbons (Fsp3) is 0.160. The average Bonchev–Trinajstić information content (AvgIpc) is 3.39. The minimum Gasteiger partial charge on any atom is -0.338 e. The van der Waals surface area contributed by atoms with Crippen LogP contribution in [0.5, 0.6) is 0 Å². The Hall–Kier alpha value is -3.93. The van der Waals surface area contributed by atoms with Crippen molar-refractivity contribution in [2.45, 2.75) is 20.4 Å². The summed E-state index contributed by atoms with van der Waals surface area (Å²) in [6.07, 6.45) is 7.02. The third kappa shape index (κ3) is 4.48. The quantitative estimate of drug-likeness (QED) is 0.443. The topological polar surface area (TPSA) is 56.0 Å². The second kappa shape index (κ2) is 8.83. The van der Waals surface area contributed by atoms with Gasteiger partial charge in [-0.25, -0.2) is 9.36 Å². The summed E-state index contributed by atoms with van der Waals surface area (Å²) in [5, 5.41) is 9.03. The number of likely N-dealkylation sites (N-methyl/N-ethyl adjacent to an activating group) is 1. The maximum absolute atomic E-state index is 12.7. The van der Waals surface area contributed by atoms with Gasteiger partial charge < -0.3 is 4.90 Å². The van der Waals surface area contributed by atoms with Gasteiger partial charge in [0.1, 0.15) is 0 Å². The van der Waals surface area contributed by atoms with Gasteiger partial charge in [-0.2, -0.15) is 10.2 Å². The molecule has 0 aliphatic rings. The normalized spacial score (nSPS) is 11.2. The second-order valence-corrected chi connectivity index (χ2v) is 7.48.